The van der Waals surface area contributed by atoms with Gasteiger partial charge in [-0.2, -0.15) is 5.26 Å². The van der Waals surface area contributed by atoms with E-state index in [-0.39, 0.29) is 0 Å². The SMILES string of the molecule is N#Cc1cc(F)cc([N+](=O)[O-])c1O. The van der Waals surface area contributed by atoms with E-state index in [2.05, 4.69) is 0 Å². The van der Waals surface area contributed by atoms with Crippen LogP contribution < -0.4 is 0 Å². The van der Waals surface area contributed by atoms with Crippen LogP contribution in [0.4, 0.5) is 10.1 Å². The van der Waals surface area contributed by atoms with Crippen molar-refractivity contribution in [3.63, 3.8) is 0 Å². The molecule has 0 aliphatic rings. The summed E-state index contributed by atoms with van der Waals surface area (Å²) in [6.45, 7) is 0. The monoisotopic (exact) mass is 182 g/mol. The van der Waals surface area contributed by atoms with Crippen molar-refractivity contribution in [3.8, 4) is 11.8 Å². The molecule has 0 aliphatic carbocycles. The van der Waals surface area contributed by atoms with Gasteiger partial charge in [-0.25, -0.2) is 4.39 Å². The van der Waals surface area contributed by atoms with Gasteiger partial charge in [0.15, 0.2) is 0 Å². The van der Waals surface area contributed by atoms with E-state index < -0.39 is 27.7 Å². The summed E-state index contributed by atoms with van der Waals surface area (Å²) in [6, 6.07) is 2.71. The zero-order valence-electron chi connectivity index (χ0n) is 6.19. The minimum absolute atomic E-state index is 0.452. The molecule has 0 radical (unpaired) electrons. The van der Waals surface area contributed by atoms with Crippen molar-refractivity contribution >= 4 is 5.69 Å². The van der Waals surface area contributed by atoms with Gasteiger partial charge in [-0.3, -0.25) is 10.1 Å². The summed E-state index contributed by atoms with van der Waals surface area (Å²) in [7, 11) is 0. The van der Waals surface area contributed by atoms with E-state index in [0.717, 1.165) is 6.07 Å². The topological polar surface area (TPSA) is 87.2 Å². The molecule has 1 aromatic carbocycles. The Kier molecular flexibility index (Phi) is 2.11. The molecule has 0 amide bonds. The Hall–Kier alpha value is -2.16. The van der Waals surface area contributed by atoms with Crippen molar-refractivity contribution in [1.29, 1.82) is 5.26 Å². The summed E-state index contributed by atoms with van der Waals surface area (Å²) in [5.74, 6) is -1.74. The minimum Gasteiger partial charge on any atom is -0.501 e. The van der Waals surface area contributed by atoms with E-state index in [1.54, 1.807) is 0 Å². The van der Waals surface area contributed by atoms with Crippen LogP contribution in [0.25, 0.3) is 0 Å². The second-order valence-corrected chi connectivity index (χ2v) is 2.19. The van der Waals surface area contributed by atoms with Gasteiger partial charge < -0.3 is 5.11 Å². The molecule has 66 valence electrons. The number of aromatic hydroxyl groups is 1. The molecular formula is C7H3FN2O3. The zero-order valence-corrected chi connectivity index (χ0v) is 6.19. The van der Waals surface area contributed by atoms with Gasteiger partial charge in [-0.05, 0) is 6.07 Å². The first-order valence-corrected chi connectivity index (χ1v) is 3.13. The summed E-state index contributed by atoms with van der Waals surface area (Å²) in [4.78, 5) is 9.25. The molecule has 0 unspecified atom stereocenters. The van der Waals surface area contributed by atoms with Crippen molar-refractivity contribution in [3.05, 3.63) is 33.6 Å². The average Bonchev–Trinajstić information content (AvgIpc) is 2.08. The van der Waals surface area contributed by atoms with Crippen LogP contribution in [0.3, 0.4) is 0 Å². The molecule has 0 heterocycles. The second kappa shape index (κ2) is 3.06. The number of nitro groups is 1. The Labute approximate surface area is 71.8 Å². The number of hydrogen-bond donors (Lipinski definition) is 1. The molecule has 0 atom stereocenters. The average molecular weight is 182 g/mol. The fourth-order valence-corrected chi connectivity index (χ4v) is 0.809. The van der Waals surface area contributed by atoms with Crippen LogP contribution in [0.1, 0.15) is 5.56 Å². The second-order valence-electron chi connectivity index (χ2n) is 2.19. The Morgan fingerprint density at radius 2 is 2.23 bits per heavy atom. The maximum Gasteiger partial charge on any atom is 0.315 e. The molecular weight excluding hydrogens is 179 g/mol. The summed E-state index contributed by atoms with van der Waals surface area (Å²) >= 11 is 0. The van der Waals surface area contributed by atoms with Gasteiger partial charge in [0.2, 0.25) is 5.75 Å². The lowest BCUT2D eigenvalue weighted by Crippen LogP contribution is -1.92. The van der Waals surface area contributed by atoms with Crippen molar-refractivity contribution in [2.24, 2.45) is 0 Å². The number of phenolic OH excluding ortho intramolecular Hbond substituents is 1. The van der Waals surface area contributed by atoms with Crippen LogP contribution >= 0.6 is 0 Å². The molecule has 1 rings (SSSR count). The van der Waals surface area contributed by atoms with E-state index in [1.165, 1.54) is 6.07 Å². The van der Waals surface area contributed by atoms with Gasteiger partial charge in [-0.1, -0.05) is 0 Å². The van der Waals surface area contributed by atoms with E-state index in [9.17, 15) is 14.5 Å². The number of phenols is 1. The van der Waals surface area contributed by atoms with Crippen LogP contribution in [-0.2, 0) is 0 Å². The molecule has 5 nitrogen and oxygen atoms in total. The van der Waals surface area contributed by atoms with E-state index in [0.29, 0.717) is 6.07 Å². The normalized spacial score (nSPS) is 9.23. The van der Waals surface area contributed by atoms with Crippen LogP contribution in [0, 0.1) is 27.3 Å². The Bertz CT molecular complexity index is 411. The van der Waals surface area contributed by atoms with Gasteiger partial charge in [0.05, 0.1) is 11.0 Å². The van der Waals surface area contributed by atoms with Crippen molar-refractivity contribution in [2.75, 3.05) is 0 Å². The molecule has 0 aliphatic heterocycles. The van der Waals surface area contributed by atoms with Crippen LogP contribution in [0.2, 0.25) is 0 Å². The third-order valence-corrected chi connectivity index (χ3v) is 1.37. The standard InChI is InChI=1S/C7H3FN2O3/c8-5-1-4(3-9)7(11)6(2-5)10(12)13/h1-2,11H. The Balaban J connectivity index is 3.47. The maximum atomic E-state index is 12.6. The van der Waals surface area contributed by atoms with E-state index in [1.807, 2.05) is 0 Å². The van der Waals surface area contributed by atoms with Gasteiger partial charge in [0.25, 0.3) is 0 Å². The Morgan fingerprint density at radius 3 is 2.69 bits per heavy atom. The highest BCUT2D eigenvalue weighted by molar-refractivity contribution is 5.55. The lowest BCUT2D eigenvalue weighted by Gasteiger charge is -1.97. The van der Waals surface area contributed by atoms with Crippen LogP contribution in [-0.4, -0.2) is 10.0 Å². The molecule has 1 aromatic rings. The summed E-state index contributed by atoms with van der Waals surface area (Å²) in [5, 5.41) is 27.6. The zero-order chi connectivity index (χ0) is 10.0. The van der Waals surface area contributed by atoms with Gasteiger partial charge >= 0.3 is 5.69 Å². The number of nitro benzene ring substituents is 1. The molecule has 0 saturated carbocycles. The van der Waals surface area contributed by atoms with Gasteiger partial charge in [0, 0.05) is 0 Å². The lowest BCUT2D eigenvalue weighted by atomic mass is 10.2. The fourth-order valence-electron chi connectivity index (χ4n) is 0.809. The van der Waals surface area contributed by atoms with Crippen LogP contribution in [0.5, 0.6) is 5.75 Å². The lowest BCUT2D eigenvalue weighted by molar-refractivity contribution is -0.386. The number of benzene rings is 1. The van der Waals surface area contributed by atoms with Crippen molar-refractivity contribution in [2.45, 2.75) is 0 Å². The predicted octanol–water partition coefficient (Wildman–Crippen LogP) is 1.31. The molecule has 1 N–H and O–H groups in total. The summed E-state index contributed by atoms with van der Waals surface area (Å²) in [5.41, 5.74) is -1.26. The molecule has 6 heteroatoms. The van der Waals surface area contributed by atoms with Crippen molar-refractivity contribution in [1.82, 2.24) is 0 Å². The highest BCUT2D eigenvalue weighted by atomic mass is 19.1. The summed E-state index contributed by atoms with van der Waals surface area (Å²) < 4.78 is 12.6. The fraction of sp³-hybridized carbons (Fsp3) is 0. The first-order valence-electron chi connectivity index (χ1n) is 3.13. The number of nitrogens with zero attached hydrogens (tertiary/aromatic N) is 2. The third kappa shape index (κ3) is 1.54. The quantitative estimate of drug-likeness (QED) is 0.523. The molecule has 0 fully saturated rings. The molecule has 13 heavy (non-hydrogen) atoms. The molecule has 0 bridgehead atoms. The number of hydrogen-bond acceptors (Lipinski definition) is 4. The highest BCUT2D eigenvalue weighted by Crippen LogP contribution is 2.29. The number of nitriles is 1. The first kappa shape index (κ1) is 8.93. The van der Waals surface area contributed by atoms with E-state index >= 15 is 0 Å². The minimum atomic E-state index is -0.959. The highest BCUT2D eigenvalue weighted by Gasteiger charge is 2.18. The summed E-state index contributed by atoms with van der Waals surface area (Å²) in [6.07, 6.45) is 0. The molecule has 0 spiro atoms. The number of halogens is 1. The predicted molar refractivity (Wildman–Crippen MR) is 39.4 cm³/mol. The van der Waals surface area contributed by atoms with Gasteiger partial charge in [-0.15, -0.1) is 0 Å². The van der Waals surface area contributed by atoms with Crippen LogP contribution in [0.15, 0.2) is 12.1 Å². The largest absolute Gasteiger partial charge is 0.501 e. The van der Waals surface area contributed by atoms with Crippen molar-refractivity contribution < 1.29 is 14.4 Å². The smallest absolute Gasteiger partial charge is 0.315 e. The van der Waals surface area contributed by atoms with E-state index in [4.69, 9.17) is 10.4 Å². The molecule has 0 saturated heterocycles. The number of rotatable bonds is 1. The first-order chi connectivity index (χ1) is 6.06. The van der Waals surface area contributed by atoms with Gasteiger partial charge in [0.1, 0.15) is 17.4 Å². The Morgan fingerprint density at radius 1 is 1.62 bits per heavy atom. The third-order valence-electron chi connectivity index (χ3n) is 1.37. The maximum absolute atomic E-state index is 12.6. The molecule has 0 aromatic heterocycles.